The van der Waals surface area contributed by atoms with Gasteiger partial charge in [0, 0.05) is 0 Å². The number of nitrogens with zero attached hydrogens (tertiary/aromatic N) is 3. The molecule has 14 heteroatoms. The second-order valence-corrected chi connectivity index (χ2v) is 6.92. The lowest BCUT2D eigenvalue weighted by Gasteiger charge is -2.30. The summed E-state index contributed by atoms with van der Waals surface area (Å²) in [6.45, 7) is 0.524. The lowest BCUT2D eigenvalue weighted by molar-refractivity contribution is -0.0941. The molecule has 0 spiro atoms. The lowest BCUT2D eigenvalue weighted by atomic mass is 9.96. The number of nitrogen functional groups attached to an aromatic ring is 1. The summed E-state index contributed by atoms with van der Waals surface area (Å²) in [6.07, 6.45) is -2.95. The van der Waals surface area contributed by atoms with Crippen LogP contribution in [0.5, 0.6) is 0 Å². The highest BCUT2D eigenvalue weighted by Gasteiger charge is 2.56. The van der Waals surface area contributed by atoms with Crippen LogP contribution in [0.2, 0.25) is 0 Å². The maximum Gasteiger partial charge on any atom is 0.470 e. The molecular formula is C11H16N5O8P. The van der Waals surface area contributed by atoms with E-state index in [1.54, 1.807) is 0 Å². The van der Waals surface area contributed by atoms with Crippen LogP contribution < -0.4 is 11.3 Å². The number of fused-ring (bicyclic) bond motifs is 1. The number of rotatable bonds is 4. The fraction of sp³-hybridized carbons (Fsp3) is 0.545. The second-order valence-electron chi connectivity index (χ2n) is 5.73. The Labute approximate surface area is 139 Å². The summed E-state index contributed by atoms with van der Waals surface area (Å²) in [5, 5.41) is 20.1. The zero-order valence-electron chi connectivity index (χ0n) is 12.8. The first kappa shape index (κ1) is 17.9. The molecule has 25 heavy (non-hydrogen) atoms. The van der Waals surface area contributed by atoms with Crippen LogP contribution in [0.15, 0.2) is 11.1 Å². The number of phosphoric acid groups is 1. The minimum atomic E-state index is -4.98. The molecule has 2 aromatic heterocycles. The zero-order chi connectivity index (χ0) is 18.6. The van der Waals surface area contributed by atoms with Gasteiger partial charge in [0.05, 0.1) is 12.9 Å². The third-order valence-corrected chi connectivity index (χ3v) is 4.35. The molecule has 0 radical (unpaired) electrons. The van der Waals surface area contributed by atoms with Crippen molar-refractivity contribution in [3.05, 3.63) is 16.7 Å². The Balaban J connectivity index is 2.09. The van der Waals surface area contributed by atoms with Gasteiger partial charge in [0.1, 0.15) is 17.8 Å². The van der Waals surface area contributed by atoms with Gasteiger partial charge in [-0.05, 0) is 6.92 Å². The van der Waals surface area contributed by atoms with E-state index >= 15 is 0 Å². The van der Waals surface area contributed by atoms with E-state index in [9.17, 15) is 19.6 Å². The molecule has 2 aromatic rings. The molecule has 0 unspecified atom stereocenters. The number of hydrogen-bond donors (Lipinski definition) is 6. The molecule has 0 aliphatic carbocycles. The van der Waals surface area contributed by atoms with Gasteiger partial charge in [0.2, 0.25) is 5.95 Å². The van der Waals surface area contributed by atoms with Crippen molar-refractivity contribution < 1.29 is 33.8 Å². The van der Waals surface area contributed by atoms with Crippen molar-refractivity contribution >= 4 is 24.9 Å². The smallest absolute Gasteiger partial charge is 0.394 e. The Morgan fingerprint density at radius 2 is 2.24 bits per heavy atom. The summed E-state index contributed by atoms with van der Waals surface area (Å²) in [5.74, 6) is -0.196. The van der Waals surface area contributed by atoms with Crippen molar-refractivity contribution in [1.82, 2.24) is 19.5 Å². The summed E-state index contributed by atoms with van der Waals surface area (Å²) in [6, 6.07) is 0. The third-order valence-electron chi connectivity index (χ3n) is 3.85. The van der Waals surface area contributed by atoms with Crippen molar-refractivity contribution in [2.24, 2.45) is 0 Å². The number of phosphoric ester groups is 1. The average Bonchev–Trinajstić information content (AvgIpc) is 2.98. The SMILES string of the molecule is C[C@@]1(O)[C@H](OP(=O)(O)O)[C@@H](CO)O[C@H]1n1cnc2c(=O)[nH]c(N)nc21. The van der Waals surface area contributed by atoms with Gasteiger partial charge in [-0.2, -0.15) is 4.98 Å². The van der Waals surface area contributed by atoms with E-state index in [1.165, 1.54) is 11.5 Å². The molecule has 0 bridgehead atoms. The number of aromatic nitrogens is 4. The minimum absolute atomic E-state index is 0.0138. The predicted molar refractivity (Wildman–Crippen MR) is 81.1 cm³/mol. The average molecular weight is 377 g/mol. The van der Waals surface area contributed by atoms with Gasteiger partial charge >= 0.3 is 7.82 Å². The molecule has 3 heterocycles. The number of H-pyrrole nitrogens is 1. The van der Waals surface area contributed by atoms with Gasteiger partial charge < -0.3 is 30.5 Å². The van der Waals surface area contributed by atoms with Crippen LogP contribution in [-0.2, 0) is 13.8 Å². The summed E-state index contributed by atoms with van der Waals surface area (Å²) in [4.78, 5) is 40.0. The van der Waals surface area contributed by atoms with Crippen molar-refractivity contribution in [1.29, 1.82) is 0 Å². The third kappa shape index (κ3) is 3.06. The first-order valence-corrected chi connectivity index (χ1v) is 8.52. The number of nitrogens with two attached hydrogens (primary N) is 1. The Kier molecular flexibility index (Phi) is 4.20. The largest absolute Gasteiger partial charge is 0.470 e. The zero-order valence-corrected chi connectivity index (χ0v) is 13.7. The first-order chi connectivity index (χ1) is 11.5. The molecule has 1 aliphatic rings. The van der Waals surface area contributed by atoms with Crippen LogP contribution in [0, 0.1) is 0 Å². The number of aliphatic hydroxyl groups is 2. The molecule has 1 saturated heterocycles. The number of hydrogen-bond acceptors (Lipinski definition) is 9. The van der Waals surface area contributed by atoms with Crippen LogP contribution in [0.4, 0.5) is 5.95 Å². The van der Waals surface area contributed by atoms with Crippen LogP contribution >= 0.6 is 7.82 Å². The predicted octanol–water partition coefficient (Wildman–Crippen LogP) is -2.18. The molecule has 0 aromatic carbocycles. The fourth-order valence-corrected chi connectivity index (χ4v) is 3.46. The molecule has 4 atom stereocenters. The van der Waals surface area contributed by atoms with Crippen LogP contribution in [0.3, 0.4) is 0 Å². The highest BCUT2D eigenvalue weighted by molar-refractivity contribution is 7.46. The maximum atomic E-state index is 11.8. The summed E-state index contributed by atoms with van der Waals surface area (Å²) >= 11 is 0. The van der Waals surface area contributed by atoms with E-state index in [0.717, 1.165) is 6.33 Å². The van der Waals surface area contributed by atoms with E-state index in [2.05, 4.69) is 19.5 Å². The highest BCUT2D eigenvalue weighted by atomic mass is 31.2. The molecule has 1 fully saturated rings. The first-order valence-electron chi connectivity index (χ1n) is 6.99. The Hall–Kier alpha value is -1.86. The maximum absolute atomic E-state index is 11.8. The molecule has 7 N–H and O–H groups in total. The number of anilines is 1. The van der Waals surface area contributed by atoms with Crippen molar-refractivity contribution in [2.45, 2.75) is 31.0 Å². The molecular weight excluding hydrogens is 361 g/mol. The van der Waals surface area contributed by atoms with E-state index in [0.29, 0.717) is 0 Å². The summed E-state index contributed by atoms with van der Waals surface area (Å²) < 4.78 is 22.4. The van der Waals surface area contributed by atoms with Gasteiger partial charge in [-0.1, -0.05) is 0 Å². The van der Waals surface area contributed by atoms with Gasteiger partial charge in [0.15, 0.2) is 17.4 Å². The van der Waals surface area contributed by atoms with Crippen molar-refractivity contribution in [3.63, 3.8) is 0 Å². The van der Waals surface area contributed by atoms with Crippen molar-refractivity contribution in [3.8, 4) is 0 Å². The highest BCUT2D eigenvalue weighted by Crippen LogP contribution is 2.48. The minimum Gasteiger partial charge on any atom is -0.394 e. The summed E-state index contributed by atoms with van der Waals surface area (Å²) in [7, 11) is -4.98. The van der Waals surface area contributed by atoms with Gasteiger partial charge in [-0.15, -0.1) is 0 Å². The molecule has 3 rings (SSSR count). The van der Waals surface area contributed by atoms with E-state index in [1.807, 2.05) is 0 Å². The Morgan fingerprint density at radius 3 is 2.84 bits per heavy atom. The monoisotopic (exact) mass is 377 g/mol. The molecule has 138 valence electrons. The van der Waals surface area contributed by atoms with Crippen LogP contribution in [-0.4, -0.2) is 63.9 Å². The Bertz CT molecular complexity index is 903. The van der Waals surface area contributed by atoms with Crippen LogP contribution in [0.25, 0.3) is 11.2 Å². The van der Waals surface area contributed by atoms with Crippen LogP contribution in [0.1, 0.15) is 13.2 Å². The number of ether oxygens (including phenoxy) is 1. The molecule has 0 saturated carbocycles. The molecule has 13 nitrogen and oxygen atoms in total. The topological polar surface area (TPSA) is 206 Å². The summed E-state index contributed by atoms with van der Waals surface area (Å²) in [5.41, 5.74) is 2.81. The standard InChI is InChI=1S/C11H16N5O8P/c1-11(19)6(24-25(20,21)22)4(2-17)23-9(11)16-3-13-5-7(16)14-10(12)15-8(5)18/h3-4,6,9,17,19H,2H2,1H3,(H2,20,21,22)(H3,12,14,15,18)/t4-,6-,9-,11-/m1/s1. The molecule has 0 amide bonds. The van der Waals surface area contributed by atoms with E-state index in [-0.39, 0.29) is 17.1 Å². The second kappa shape index (κ2) is 5.85. The van der Waals surface area contributed by atoms with Gasteiger partial charge in [-0.3, -0.25) is 18.9 Å². The van der Waals surface area contributed by atoms with Crippen molar-refractivity contribution in [2.75, 3.05) is 12.3 Å². The van der Waals surface area contributed by atoms with E-state index < -0.39 is 44.0 Å². The van der Waals surface area contributed by atoms with Gasteiger partial charge in [-0.25, -0.2) is 9.55 Å². The Morgan fingerprint density at radius 1 is 1.56 bits per heavy atom. The number of imidazole rings is 1. The number of aromatic amines is 1. The van der Waals surface area contributed by atoms with E-state index in [4.69, 9.17) is 20.3 Å². The fourth-order valence-electron chi connectivity index (χ4n) is 2.81. The number of nitrogens with one attached hydrogen (secondary N) is 1. The quantitative estimate of drug-likeness (QED) is 0.316. The molecule has 1 aliphatic heterocycles. The van der Waals surface area contributed by atoms with Gasteiger partial charge in [0.25, 0.3) is 5.56 Å². The normalized spacial score (nSPS) is 30.2. The lowest BCUT2D eigenvalue weighted by Crippen LogP contribution is -2.45. The number of aliphatic hydroxyl groups excluding tert-OH is 1.